The molecule has 3 nitrogen and oxygen atoms in total. The van der Waals surface area contributed by atoms with Crippen LogP contribution in [0.25, 0.3) is 10.2 Å². The molecule has 0 amide bonds. The average molecular weight is 298 g/mol. The number of benzene rings is 2. The molecule has 3 rings (SSSR count). The van der Waals surface area contributed by atoms with Crippen LogP contribution in [-0.2, 0) is 0 Å². The number of fused-ring (bicyclic) bond motifs is 1. The number of aromatic nitrogens is 1. The van der Waals surface area contributed by atoms with Crippen LogP contribution >= 0.6 is 11.3 Å². The highest BCUT2D eigenvalue weighted by atomic mass is 32.1. The van der Waals surface area contributed by atoms with Crippen molar-refractivity contribution in [1.29, 1.82) is 0 Å². The molecule has 0 atom stereocenters. The Kier molecular flexibility index (Phi) is 3.80. The van der Waals surface area contributed by atoms with E-state index in [-0.39, 0.29) is 0 Å². The highest BCUT2D eigenvalue weighted by Crippen LogP contribution is 2.38. The molecular weight excluding hydrogens is 280 g/mol. The SMILES string of the molecule is CCOc1c(C)cc(C)c2sc(Nc3ccccc3)nc12. The van der Waals surface area contributed by atoms with Gasteiger partial charge in [0.1, 0.15) is 11.3 Å². The summed E-state index contributed by atoms with van der Waals surface area (Å²) < 4.78 is 6.97. The molecule has 0 bridgehead atoms. The first-order valence-corrected chi connectivity index (χ1v) is 7.86. The van der Waals surface area contributed by atoms with E-state index in [1.54, 1.807) is 11.3 Å². The Morgan fingerprint density at radius 3 is 2.62 bits per heavy atom. The smallest absolute Gasteiger partial charge is 0.188 e. The zero-order valence-corrected chi connectivity index (χ0v) is 13.3. The van der Waals surface area contributed by atoms with Gasteiger partial charge in [-0.2, -0.15) is 0 Å². The van der Waals surface area contributed by atoms with Crippen LogP contribution in [0.1, 0.15) is 18.1 Å². The van der Waals surface area contributed by atoms with Gasteiger partial charge in [-0.1, -0.05) is 35.6 Å². The van der Waals surface area contributed by atoms with Gasteiger partial charge in [0, 0.05) is 5.69 Å². The lowest BCUT2D eigenvalue weighted by molar-refractivity contribution is 0.341. The van der Waals surface area contributed by atoms with Crippen molar-refractivity contribution in [1.82, 2.24) is 4.98 Å². The minimum Gasteiger partial charge on any atom is -0.491 e. The molecule has 0 spiro atoms. The minimum atomic E-state index is 0.651. The summed E-state index contributed by atoms with van der Waals surface area (Å²) in [5.41, 5.74) is 4.38. The largest absolute Gasteiger partial charge is 0.491 e. The Hall–Kier alpha value is -2.07. The standard InChI is InChI=1S/C17H18N2OS/c1-4-20-15-11(2)10-12(3)16-14(15)19-17(21-16)18-13-8-6-5-7-9-13/h5-10H,4H2,1-3H3,(H,18,19). The highest BCUT2D eigenvalue weighted by Gasteiger charge is 2.14. The molecule has 0 saturated carbocycles. The lowest BCUT2D eigenvalue weighted by Crippen LogP contribution is -1.96. The molecule has 1 heterocycles. The van der Waals surface area contributed by atoms with Crippen LogP contribution in [0.3, 0.4) is 0 Å². The van der Waals surface area contributed by atoms with Gasteiger partial charge in [0.05, 0.1) is 11.3 Å². The van der Waals surface area contributed by atoms with Gasteiger partial charge < -0.3 is 10.1 Å². The van der Waals surface area contributed by atoms with Crippen LogP contribution in [0.15, 0.2) is 36.4 Å². The molecule has 2 aromatic carbocycles. The molecule has 0 radical (unpaired) electrons. The first-order valence-electron chi connectivity index (χ1n) is 7.04. The highest BCUT2D eigenvalue weighted by molar-refractivity contribution is 7.22. The van der Waals surface area contributed by atoms with Gasteiger partial charge in [0.2, 0.25) is 0 Å². The van der Waals surface area contributed by atoms with Gasteiger partial charge in [-0.15, -0.1) is 0 Å². The fourth-order valence-corrected chi connectivity index (χ4v) is 3.36. The zero-order valence-electron chi connectivity index (χ0n) is 12.4. The van der Waals surface area contributed by atoms with Crippen molar-refractivity contribution in [2.75, 3.05) is 11.9 Å². The summed E-state index contributed by atoms with van der Waals surface area (Å²) >= 11 is 1.67. The first-order chi connectivity index (χ1) is 10.2. The number of hydrogen-bond donors (Lipinski definition) is 1. The molecule has 4 heteroatoms. The van der Waals surface area contributed by atoms with Crippen LogP contribution in [0.4, 0.5) is 10.8 Å². The molecule has 0 aliphatic rings. The maximum absolute atomic E-state index is 5.78. The van der Waals surface area contributed by atoms with Gasteiger partial charge in [0.15, 0.2) is 5.13 Å². The molecule has 0 unspecified atom stereocenters. The third kappa shape index (κ3) is 2.72. The van der Waals surface area contributed by atoms with E-state index in [9.17, 15) is 0 Å². The molecule has 108 valence electrons. The number of hydrogen-bond acceptors (Lipinski definition) is 4. The molecule has 0 saturated heterocycles. The van der Waals surface area contributed by atoms with Gasteiger partial charge >= 0.3 is 0 Å². The maximum Gasteiger partial charge on any atom is 0.188 e. The molecule has 0 fully saturated rings. The number of para-hydroxylation sites is 1. The minimum absolute atomic E-state index is 0.651. The summed E-state index contributed by atoms with van der Waals surface area (Å²) in [5.74, 6) is 0.899. The predicted molar refractivity (Wildman–Crippen MR) is 90.0 cm³/mol. The van der Waals surface area contributed by atoms with E-state index in [0.29, 0.717) is 6.61 Å². The van der Waals surface area contributed by atoms with Crippen LogP contribution in [0.5, 0.6) is 5.75 Å². The quantitative estimate of drug-likeness (QED) is 0.731. The Balaban J connectivity index is 2.06. The number of aryl methyl sites for hydroxylation is 2. The van der Waals surface area contributed by atoms with Gasteiger partial charge in [-0.05, 0) is 44.0 Å². The number of nitrogens with one attached hydrogen (secondary N) is 1. The topological polar surface area (TPSA) is 34.1 Å². The third-order valence-corrected chi connectivity index (χ3v) is 4.41. The predicted octanol–water partition coefficient (Wildman–Crippen LogP) is 5.06. The molecule has 0 aliphatic carbocycles. The number of rotatable bonds is 4. The lowest BCUT2D eigenvalue weighted by atomic mass is 10.1. The van der Waals surface area contributed by atoms with Crippen LogP contribution in [0, 0.1) is 13.8 Å². The second kappa shape index (κ2) is 5.74. The summed E-state index contributed by atoms with van der Waals surface area (Å²) in [6.45, 7) is 6.84. The Morgan fingerprint density at radius 1 is 1.14 bits per heavy atom. The van der Waals surface area contributed by atoms with Crippen molar-refractivity contribution < 1.29 is 4.74 Å². The van der Waals surface area contributed by atoms with Crippen LogP contribution in [0.2, 0.25) is 0 Å². The van der Waals surface area contributed by atoms with Crippen molar-refractivity contribution >= 4 is 32.4 Å². The summed E-state index contributed by atoms with van der Waals surface area (Å²) in [6.07, 6.45) is 0. The van der Waals surface area contributed by atoms with E-state index in [0.717, 1.165) is 27.6 Å². The van der Waals surface area contributed by atoms with Gasteiger partial charge in [0.25, 0.3) is 0 Å². The monoisotopic (exact) mass is 298 g/mol. The van der Waals surface area contributed by atoms with Crippen molar-refractivity contribution in [3.05, 3.63) is 47.5 Å². The molecule has 1 aromatic heterocycles. The van der Waals surface area contributed by atoms with Crippen molar-refractivity contribution in [2.45, 2.75) is 20.8 Å². The zero-order chi connectivity index (χ0) is 14.8. The summed E-state index contributed by atoms with van der Waals surface area (Å²) in [7, 11) is 0. The summed E-state index contributed by atoms with van der Waals surface area (Å²) in [6, 6.07) is 12.3. The van der Waals surface area contributed by atoms with Crippen molar-refractivity contribution in [2.24, 2.45) is 0 Å². The molecule has 3 aromatic rings. The van der Waals surface area contributed by atoms with Crippen LogP contribution < -0.4 is 10.1 Å². The molecule has 1 N–H and O–H groups in total. The van der Waals surface area contributed by atoms with E-state index in [4.69, 9.17) is 9.72 Å². The van der Waals surface area contributed by atoms with Gasteiger partial charge in [-0.3, -0.25) is 0 Å². The Labute approximate surface area is 128 Å². The number of nitrogens with zero attached hydrogens (tertiary/aromatic N) is 1. The van der Waals surface area contributed by atoms with E-state index < -0.39 is 0 Å². The number of anilines is 2. The second-order valence-corrected chi connectivity index (χ2v) is 5.96. The number of ether oxygens (including phenoxy) is 1. The normalized spacial score (nSPS) is 10.8. The van der Waals surface area contributed by atoms with E-state index in [1.165, 1.54) is 10.3 Å². The van der Waals surface area contributed by atoms with E-state index in [2.05, 4.69) is 25.2 Å². The molecule has 0 aliphatic heterocycles. The van der Waals surface area contributed by atoms with E-state index >= 15 is 0 Å². The lowest BCUT2D eigenvalue weighted by Gasteiger charge is -2.08. The van der Waals surface area contributed by atoms with Crippen LogP contribution in [-0.4, -0.2) is 11.6 Å². The Bertz CT molecular complexity index is 765. The third-order valence-electron chi connectivity index (χ3n) is 3.31. The van der Waals surface area contributed by atoms with Gasteiger partial charge in [-0.25, -0.2) is 4.98 Å². The first kappa shape index (κ1) is 13.9. The molecule has 21 heavy (non-hydrogen) atoms. The molecular formula is C17H18N2OS. The van der Waals surface area contributed by atoms with E-state index in [1.807, 2.05) is 37.3 Å². The average Bonchev–Trinajstić information content (AvgIpc) is 2.89. The second-order valence-electron chi connectivity index (χ2n) is 4.96. The summed E-state index contributed by atoms with van der Waals surface area (Å²) in [5, 5.41) is 4.26. The summed E-state index contributed by atoms with van der Waals surface area (Å²) in [4.78, 5) is 4.73. The fourth-order valence-electron chi connectivity index (χ4n) is 2.41. The fraction of sp³-hybridized carbons (Fsp3) is 0.235. The number of thiazole rings is 1. The van der Waals surface area contributed by atoms with Crippen molar-refractivity contribution in [3.63, 3.8) is 0 Å². The maximum atomic E-state index is 5.78. The van der Waals surface area contributed by atoms with Crippen molar-refractivity contribution in [3.8, 4) is 5.75 Å². The Morgan fingerprint density at radius 2 is 1.90 bits per heavy atom.